The van der Waals surface area contributed by atoms with Crippen LogP contribution in [0.2, 0.25) is 0 Å². The number of hydrogen-bond donors (Lipinski definition) is 0. The van der Waals surface area contributed by atoms with E-state index in [2.05, 4.69) is 4.74 Å². The second kappa shape index (κ2) is 4.77. The summed E-state index contributed by atoms with van der Waals surface area (Å²) >= 11 is 0. The summed E-state index contributed by atoms with van der Waals surface area (Å²) in [6, 6.07) is 6.82. The van der Waals surface area contributed by atoms with E-state index in [1.54, 1.807) is 6.07 Å². The van der Waals surface area contributed by atoms with Gasteiger partial charge in [0.25, 0.3) is 0 Å². The van der Waals surface area contributed by atoms with E-state index in [1.807, 2.05) is 0 Å². The van der Waals surface area contributed by atoms with Crippen LogP contribution in [-0.2, 0) is 14.6 Å². The number of carbonyl (C=O) groups is 1. The topological polar surface area (TPSA) is 84.2 Å². The molecule has 0 fully saturated rings. The van der Waals surface area contributed by atoms with Crippen molar-refractivity contribution in [1.82, 2.24) is 0 Å². The Morgan fingerprint density at radius 1 is 1.38 bits per heavy atom. The van der Waals surface area contributed by atoms with Crippen LogP contribution < -0.4 is 0 Å². The molecule has 0 aliphatic rings. The Morgan fingerprint density at radius 2 is 1.94 bits per heavy atom. The van der Waals surface area contributed by atoms with E-state index in [0.29, 0.717) is 0 Å². The Balaban J connectivity index is 3.05. The minimum atomic E-state index is -3.57. The zero-order valence-electron chi connectivity index (χ0n) is 8.50. The van der Waals surface area contributed by atoms with Crippen LogP contribution in [0.3, 0.4) is 0 Å². The molecular weight excluding hydrogens is 230 g/mol. The molecule has 0 aliphatic heterocycles. The van der Waals surface area contributed by atoms with Gasteiger partial charge in [0.15, 0.2) is 9.84 Å². The van der Waals surface area contributed by atoms with Gasteiger partial charge in [-0.25, -0.2) is 13.2 Å². The molecule has 0 aliphatic carbocycles. The maximum Gasteiger partial charge on any atom is 0.337 e. The van der Waals surface area contributed by atoms with Crippen molar-refractivity contribution in [2.45, 2.75) is 4.90 Å². The lowest BCUT2D eigenvalue weighted by molar-refractivity contribution is 0.0600. The van der Waals surface area contributed by atoms with Crippen molar-refractivity contribution in [2.24, 2.45) is 0 Å². The first-order chi connectivity index (χ1) is 7.51. The highest BCUT2D eigenvalue weighted by atomic mass is 32.2. The first kappa shape index (κ1) is 12.2. The normalized spacial score (nSPS) is 10.5. The number of hydrogen-bond acceptors (Lipinski definition) is 5. The molecule has 0 saturated heterocycles. The number of methoxy groups -OCH3 is 1. The van der Waals surface area contributed by atoms with E-state index >= 15 is 0 Å². The van der Waals surface area contributed by atoms with Crippen molar-refractivity contribution in [3.8, 4) is 6.07 Å². The fourth-order valence-corrected chi connectivity index (χ4v) is 1.97. The first-order valence-corrected chi connectivity index (χ1v) is 5.94. The SMILES string of the molecule is COC(=O)c1ccc(S(=O)(=O)CC#N)cc1. The van der Waals surface area contributed by atoms with Gasteiger partial charge in [-0.1, -0.05) is 0 Å². The summed E-state index contributed by atoms with van der Waals surface area (Å²) in [5, 5.41) is 8.34. The number of sulfone groups is 1. The van der Waals surface area contributed by atoms with Crippen LogP contribution in [0.15, 0.2) is 29.2 Å². The number of nitrogens with zero attached hydrogens (tertiary/aromatic N) is 1. The molecule has 84 valence electrons. The van der Waals surface area contributed by atoms with Crippen molar-refractivity contribution in [3.05, 3.63) is 29.8 Å². The van der Waals surface area contributed by atoms with Crippen molar-refractivity contribution < 1.29 is 17.9 Å². The molecule has 0 bridgehead atoms. The lowest BCUT2D eigenvalue weighted by atomic mass is 10.2. The van der Waals surface area contributed by atoms with E-state index in [1.165, 1.54) is 31.4 Å². The summed E-state index contributed by atoms with van der Waals surface area (Å²) in [6.45, 7) is 0. The first-order valence-electron chi connectivity index (χ1n) is 4.29. The number of ether oxygens (including phenoxy) is 1. The Morgan fingerprint density at radius 3 is 2.38 bits per heavy atom. The van der Waals surface area contributed by atoms with Crippen LogP contribution in [-0.4, -0.2) is 27.2 Å². The van der Waals surface area contributed by atoms with Gasteiger partial charge in [0.2, 0.25) is 0 Å². The van der Waals surface area contributed by atoms with Gasteiger partial charge in [-0.2, -0.15) is 5.26 Å². The standard InChI is InChI=1S/C10H9NO4S/c1-15-10(12)8-2-4-9(5-3-8)16(13,14)7-6-11/h2-5H,7H2,1H3. The number of benzene rings is 1. The highest BCUT2D eigenvalue weighted by Crippen LogP contribution is 2.12. The molecule has 16 heavy (non-hydrogen) atoms. The van der Waals surface area contributed by atoms with Crippen molar-refractivity contribution in [3.63, 3.8) is 0 Å². The Kier molecular flexibility index (Phi) is 3.64. The maximum atomic E-state index is 11.4. The van der Waals surface area contributed by atoms with E-state index in [4.69, 9.17) is 5.26 Å². The number of esters is 1. The summed E-state index contributed by atoms with van der Waals surface area (Å²) in [7, 11) is -2.33. The smallest absolute Gasteiger partial charge is 0.337 e. The second-order valence-electron chi connectivity index (χ2n) is 2.93. The Hall–Kier alpha value is -1.87. The molecule has 0 spiro atoms. The van der Waals surface area contributed by atoms with E-state index < -0.39 is 21.6 Å². The molecule has 0 heterocycles. The summed E-state index contributed by atoms with van der Waals surface area (Å²) < 4.78 is 27.4. The summed E-state index contributed by atoms with van der Waals surface area (Å²) in [5.41, 5.74) is 0.262. The van der Waals surface area contributed by atoms with Gasteiger partial charge in [0.05, 0.1) is 23.6 Å². The van der Waals surface area contributed by atoms with E-state index in [-0.39, 0.29) is 10.5 Å². The predicted octanol–water partition coefficient (Wildman–Crippen LogP) is 0.770. The fourth-order valence-electron chi connectivity index (χ4n) is 1.08. The van der Waals surface area contributed by atoms with Crippen molar-refractivity contribution in [2.75, 3.05) is 12.9 Å². The van der Waals surface area contributed by atoms with Crippen LogP contribution in [0, 0.1) is 11.3 Å². The monoisotopic (exact) mass is 239 g/mol. The van der Waals surface area contributed by atoms with Gasteiger partial charge in [-0.05, 0) is 24.3 Å². The molecule has 1 aromatic rings. The average Bonchev–Trinajstić information content (AvgIpc) is 2.28. The summed E-state index contributed by atoms with van der Waals surface area (Å²) in [6.07, 6.45) is 0. The number of carbonyl (C=O) groups excluding carboxylic acids is 1. The van der Waals surface area contributed by atoms with Gasteiger partial charge >= 0.3 is 5.97 Å². The largest absolute Gasteiger partial charge is 0.465 e. The highest BCUT2D eigenvalue weighted by molar-refractivity contribution is 7.91. The fraction of sp³-hybridized carbons (Fsp3) is 0.200. The van der Waals surface area contributed by atoms with Gasteiger partial charge < -0.3 is 4.74 Å². The second-order valence-corrected chi connectivity index (χ2v) is 4.92. The van der Waals surface area contributed by atoms with Crippen LogP contribution in [0.4, 0.5) is 0 Å². The van der Waals surface area contributed by atoms with Gasteiger partial charge in [0.1, 0.15) is 5.75 Å². The molecular formula is C10H9NO4S. The van der Waals surface area contributed by atoms with Crippen LogP contribution in [0.5, 0.6) is 0 Å². The average molecular weight is 239 g/mol. The third-order valence-electron chi connectivity index (χ3n) is 1.89. The Bertz CT molecular complexity index is 525. The van der Waals surface area contributed by atoms with E-state index in [9.17, 15) is 13.2 Å². The highest BCUT2D eigenvalue weighted by Gasteiger charge is 2.14. The van der Waals surface area contributed by atoms with Crippen LogP contribution in [0.25, 0.3) is 0 Å². The van der Waals surface area contributed by atoms with Crippen molar-refractivity contribution in [1.29, 1.82) is 5.26 Å². The van der Waals surface area contributed by atoms with Gasteiger partial charge in [-0.3, -0.25) is 0 Å². The molecule has 0 aromatic heterocycles. The molecule has 0 radical (unpaired) electrons. The molecule has 5 nitrogen and oxygen atoms in total. The predicted molar refractivity (Wildman–Crippen MR) is 55.4 cm³/mol. The minimum absolute atomic E-state index is 0.0155. The lowest BCUT2D eigenvalue weighted by Crippen LogP contribution is -2.06. The van der Waals surface area contributed by atoms with E-state index in [0.717, 1.165) is 0 Å². The summed E-state index contributed by atoms with van der Waals surface area (Å²) in [4.78, 5) is 11.1. The third kappa shape index (κ3) is 2.58. The Labute approximate surface area is 93.2 Å². The number of rotatable bonds is 3. The third-order valence-corrected chi connectivity index (χ3v) is 3.39. The van der Waals surface area contributed by atoms with Crippen LogP contribution in [0.1, 0.15) is 10.4 Å². The molecule has 1 rings (SSSR count). The molecule has 0 N–H and O–H groups in total. The minimum Gasteiger partial charge on any atom is -0.465 e. The molecule has 0 saturated carbocycles. The van der Waals surface area contributed by atoms with Crippen LogP contribution >= 0.6 is 0 Å². The molecule has 1 aromatic carbocycles. The van der Waals surface area contributed by atoms with Crippen molar-refractivity contribution >= 4 is 15.8 Å². The summed E-state index contributed by atoms with van der Waals surface area (Å²) in [5.74, 6) is -1.12. The molecule has 0 amide bonds. The molecule has 0 unspecified atom stereocenters. The quantitative estimate of drug-likeness (QED) is 0.727. The zero-order valence-corrected chi connectivity index (χ0v) is 9.32. The molecule has 6 heteroatoms. The van der Waals surface area contributed by atoms with Gasteiger partial charge in [-0.15, -0.1) is 0 Å². The number of nitriles is 1. The lowest BCUT2D eigenvalue weighted by Gasteiger charge is -2.01. The molecule has 0 atom stereocenters. The van der Waals surface area contributed by atoms with Gasteiger partial charge in [0, 0.05) is 0 Å². The zero-order chi connectivity index (χ0) is 12.2. The maximum absolute atomic E-state index is 11.4.